The summed E-state index contributed by atoms with van der Waals surface area (Å²) in [4.78, 5) is 37.5. The number of aromatic nitrogens is 2. The fraction of sp³-hybridized carbons (Fsp3) is 0.278. The molecule has 0 unspecified atom stereocenters. The van der Waals surface area contributed by atoms with Gasteiger partial charge in [0.15, 0.2) is 11.5 Å². The molecule has 0 saturated heterocycles. The van der Waals surface area contributed by atoms with Crippen LogP contribution in [0.15, 0.2) is 39.2 Å². The maximum atomic E-state index is 12.6. The molecule has 3 aromatic rings. The van der Waals surface area contributed by atoms with E-state index in [-0.39, 0.29) is 18.6 Å². The smallest absolute Gasteiger partial charge is 0.331 e. The molecule has 2 aromatic heterocycles. The summed E-state index contributed by atoms with van der Waals surface area (Å²) in [6.07, 6.45) is 0. The van der Waals surface area contributed by atoms with Crippen LogP contribution < -0.4 is 26.0 Å². The number of fused-ring (bicyclic) bond motifs is 1. The number of methoxy groups -OCH3 is 2. The number of thiophene rings is 1. The Morgan fingerprint density at radius 2 is 1.85 bits per heavy atom. The van der Waals surface area contributed by atoms with Crippen LogP contribution in [-0.2, 0) is 17.9 Å². The quantitative estimate of drug-likeness (QED) is 0.695. The highest BCUT2D eigenvalue weighted by molar-refractivity contribution is 7.17. The Morgan fingerprint density at radius 1 is 1.11 bits per heavy atom. The van der Waals surface area contributed by atoms with Crippen molar-refractivity contribution in [2.45, 2.75) is 20.0 Å². The number of carbonyl (C=O) groups is 1. The van der Waals surface area contributed by atoms with Crippen molar-refractivity contribution in [1.29, 1.82) is 0 Å². The zero-order chi connectivity index (χ0) is 19.6. The molecule has 27 heavy (non-hydrogen) atoms. The van der Waals surface area contributed by atoms with Gasteiger partial charge in [-0.25, -0.2) is 4.79 Å². The molecule has 0 spiro atoms. The van der Waals surface area contributed by atoms with Gasteiger partial charge in [0.2, 0.25) is 5.91 Å². The molecular weight excluding hydrogens is 370 g/mol. The van der Waals surface area contributed by atoms with Gasteiger partial charge in [0.1, 0.15) is 11.2 Å². The molecular formula is C18H19N3O5S. The second-order valence-electron chi connectivity index (χ2n) is 5.67. The van der Waals surface area contributed by atoms with Gasteiger partial charge in [-0.05, 0) is 30.5 Å². The minimum atomic E-state index is -0.504. The first kappa shape index (κ1) is 18.7. The minimum absolute atomic E-state index is 0.208. The van der Waals surface area contributed by atoms with E-state index in [1.165, 1.54) is 30.1 Å². The zero-order valence-corrected chi connectivity index (χ0v) is 16.0. The number of carbonyl (C=O) groups excluding carboxylic acids is 1. The molecule has 0 aliphatic heterocycles. The molecule has 142 valence electrons. The lowest BCUT2D eigenvalue weighted by atomic mass is 10.2. The van der Waals surface area contributed by atoms with Gasteiger partial charge in [-0.3, -0.25) is 18.7 Å². The van der Waals surface area contributed by atoms with Crippen LogP contribution in [0.4, 0.5) is 5.69 Å². The number of ether oxygens (including phenoxy) is 2. The first-order valence-corrected chi connectivity index (χ1v) is 9.10. The van der Waals surface area contributed by atoms with Crippen molar-refractivity contribution in [1.82, 2.24) is 9.13 Å². The van der Waals surface area contributed by atoms with Gasteiger partial charge in [0, 0.05) is 18.3 Å². The summed E-state index contributed by atoms with van der Waals surface area (Å²) in [5.41, 5.74) is 0.137. The minimum Gasteiger partial charge on any atom is -0.493 e. The predicted molar refractivity (Wildman–Crippen MR) is 104 cm³/mol. The molecule has 9 heteroatoms. The van der Waals surface area contributed by atoms with Crippen LogP contribution in [0.2, 0.25) is 0 Å². The summed E-state index contributed by atoms with van der Waals surface area (Å²) in [6.45, 7) is 1.75. The Balaban J connectivity index is 1.92. The lowest BCUT2D eigenvalue weighted by Crippen LogP contribution is -2.40. The summed E-state index contributed by atoms with van der Waals surface area (Å²) in [6, 6.07) is 6.66. The molecule has 0 aliphatic rings. The molecule has 8 nitrogen and oxygen atoms in total. The van der Waals surface area contributed by atoms with E-state index in [9.17, 15) is 14.4 Å². The zero-order valence-electron chi connectivity index (χ0n) is 15.1. The number of hydrogen-bond acceptors (Lipinski definition) is 6. The number of rotatable bonds is 6. The first-order valence-electron chi connectivity index (χ1n) is 8.22. The summed E-state index contributed by atoms with van der Waals surface area (Å²) in [5.74, 6) is 0.632. The molecule has 0 bridgehead atoms. The van der Waals surface area contributed by atoms with Crippen LogP contribution in [0.1, 0.15) is 6.92 Å². The number of hydrogen-bond donors (Lipinski definition) is 1. The van der Waals surface area contributed by atoms with Crippen LogP contribution in [0.3, 0.4) is 0 Å². The summed E-state index contributed by atoms with van der Waals surface area (Å²) in [5, 5.41) is 4.46. The maximum absolute atomic E-state index is 12.6. The van der Waals surface area contributed by atoms with E-state index in [1.54, 1.807) is 36.6 Å². The Bertz CT molecular complexity index is 1110. The second-order valence-corrected chi connectivity index (χ2v) is 6.59. The Hall–Kier alpha value is -3.07. The summed E-state index contributed by atoms with van der Waals surface area (Å²) < 4.78 is 13.3. The van der Waals surface area contributed by atoms with Crippen LogP contribution in [0, 0.1) is 0 Å². The number of benzene rings is 1. The molecule has 1 N–H and O–H groups in total. The van der Waals surface area contributed by atoms with Crippen molar-refractivity contribution in [2.75, 3.05) is 19.5 Å². The van der Waals surface area contributed by atoms with Crippen LogP contribution in [-0.4, -0.2) is 29.3 Å². The molecule has 0 fully saturated rings. The highest BCUT2D eigenvalue weighted by atomic mass is 32.1. The Labute approximate surface area is 158 Å². The van der Waals surface area contributed by atoms with E-state index < -0.39 is 11.6 Å². The third-order valence-electron chi connectivity index (χ3n) is 4.12. The van der Waals surface area contributed by atoms with E-state index in [0.717, 1.165) is 4.57 Å². The largest absolute Gasteiger partial charge is 0.493 e. The molecule has 1 amide bonds. The predicted octanol–water partition coefficient (Wildman–Crippen LogP) is 1.90. The van der Waals surface area contributed by atoms with Crippen molar-refractivity contribution in [3.8, 4) is 11.5 Å². The molecule has 0 atom stereocenters. The number of anilines is 1. The van der Waals surface area contributed by atoms with E-state index in [0.29, 0.717) is 27.4 Å². The highest BCUT2D eigenvalue weighted by Crippen LogP contribution is 2.29. The molecule has 0 saturated carbocycles. The number of nitrogens with zero attached hydrogens (tertiary/aromatic N) is 2. The number of nitrogens with one attached hydrogen (secondary N) is 1. The fourth-order valence-electron chi connectivity index (χ4n) is 2.82. The monoisotopic (exact) mass is 389 g/mol. The van der Waals surface area contributed by atoms with E-state index in [1.807, 2.05) is 0 Å². The average molecular weight is 389 g/mol. The van der Waals surface area contributed by atoms with E-state index in [2.05, 4.69) is 5.32 Å². The normalized spacial score (nSPS) is 10.8. The van der Waals surface area contributed by atoms with Gasteiger partial charge in [-0.2, -0.15) is 0 Å². The van der Waals surface area contributed by atoms with Crippen LogP contribution >= 0.6 is 11.3 Å². The third-order valence-corrected chi connectivity index (χ3v) is 5.01. The molecule has 0 aliphatic carbocycles. The lowest BCUT2D eigenvalue weighted by molar-refractivity contribution is -0.116. The fourth-order valence-corrected chi connectivity index (χ4v) is 3.67. The van der Waals surface area contributed by atoms with Crippen molar-refractivity contribution in [3.63, 3.8) is 0 Å². The van der Waals surface area contributed by atoms with Gasteiger partial charge in [0.05, 0.1) is 19.7 Å². The van der Waals surface area contributed by atoms with E-state index in [4.69, 9.17) is 9.47 Å². The van der Waals surface area contributed by atoms with Gasteiger partial charge >= 0.3 is 5.69 Å². The third kappa shape index (κ3) is 3.45. The Kier molecular flexibility index (Phi) is 5.31. The van der Waals surface area contributed by atoms with Crippen molar-refractivity contribution in [2.24, 2.45) is 0 Å². The average Bonchev–Trinajstić information content (AvgIpc) is 3.15. The second kappa shape index (κ2) is 7.67. The van der Waals surface area contributed by atoms with E-state index >= 15 is 0 Å². The van der Waals surface area contributed by atoms with Crippen molar-refractivity contribution < 1.29 is 14.3 Å². The maximum Gasteiger partial charge on any atom is 0.331 e. The SMILES string of the molecule is CCn1c(=O)c2sccc2n(CC(=O)Nc2ccc(OC)c(OC)c2)c1=O. The molecule has 2 heterocycles. The standard InChI is InChI=1S/C18H19N3O5S/c1-4-20-17(23)16-12(7-8-27-16)21(18(20)24)10-15(22)19-11-5-6-13(25-2)14(9-11)26-3/h5-9H,4,10H2,1-3H3,(H,19,22). The molecule has 1 aromatic carbocycles. The lowest BCUT2D eigenvalue weighted by Gasteiger charge is -2.13. The highest BCUT2D eigenvalue weighted by Gasteiger charge is 2.16. The van der Waals surface area contributed by atoms with Gasteiger partial charge in [-0.1, -0.05) is 0 Å². The van der Waals surface area contributed by atoms with Crippen molar-refractivity contribution >= 4 is 33.1 Å². The Morgan fingerprint density at radius 3 is 2.52 bits per heavy atom. The topological polar surface area (TPSA) is 91.6 Å². The van der Waals surface area contributed by atoms with Gasteiger partial charge in [-0.15, -0.1) is 11.3 Å². The number of amides is 1. The summed E-state index contributed by atoms with van der Waals surface area (Å²) >= 11 is 1.25. The van der Waals surface area contributed by atoms with Crippen LogP contribution in [0.25, 0.3) is 10.2 Å². The van der Waals surface area contributed by atoms with Crippen molar-refractivity contribution in [3.05, 3.63) is 50.5 Å². The van der Waals surface area contributed by atoms with Gasteiger partial charge < -0.3 is 14.8 Å². The van der Waals surface area contributed by atoms with Crippen LogP contribution in [0.5, 0.6) is 11.5 Å². The molecule has 0 radical (unpaired) electrons. The van der Waals surface area contributed by atoms with Gasteiger partial charge in [0.25, 0.3) is 5.56 Å². The summed E-state index contributed by atoms with van der Waals surface area (Å²) in [7, 11) is 3.03. The molecule has 3 rings (SSSR count). The first-order chi connectivity index (χ1) is 13.0.